The highest BCUT2D eigenvalue weighted by Gasteiger charge is 2.35. The summed E-state index contributed by atoms with van der Waals surface area (Å²) in [5.41, 5.74) is 1.39. The van der Waals surface area contributed by atoms with Gasteiger partial charge in [0.05, 0.1) is 11.6 Å². The zero-order valence-corrected chi connectivity index (χ0v) is 13.2. The predicted molar refractivity (Wildman–Crippen MR) is 81.2 cm³/mol. The lowest BCUT2D eigenvalue weighted by Gasteiger charge is -2.23. The van der Waals surface area contributed by atoms with Gasteiger partial charge in [-0.3, -0.25) is 0 Å². The average molecular weight is 358 g/mol. The van der Waals surface area contributed by atoms with Crippen molar-refractivity contribution in [1.29, 1.82) is 0 Å². The van der Waals surface area contributed by atoms with E-state index < -0.39 is 17.8 Å². The van der Waals surface area contributed by atoms with Crippen molar-refractivity contribution < 1.29 is 13.2 Å². The van der Waals surface area contributed by atoms with E-state index >= 15 is 0 Å². The fraction of sp³-hybridized carbons (Fsp3) is 0.250. The molecule has 0 amide bonds. The maximum atomic E-state index is 13.2. The summed E-state index contributed by atoms with van der Waals surface area (Å²) in [5, 5.41) is 2.99. The molecular formula is C16H15BrF3N. The van der Waals surface area contributed by atoms with Crippen LogP contribution in [0.25, 0.3) is 0 Å². The van der Waals surface area contributed by atoms with E-state index in [9.17, 15) is 13.2 Å². The van der Waals surface area contributed by atoms with Gasteiger partial charge in [0.25, 0.3) is 0 Å². The maximum Gasteiger partial charge on any atom is 0.416 e. The molecule has 0 saturated carbocycles. The number of nitrogens with one attached hydrogen (secondary N) is 1. The van der Waals surface area contributed by atoms with Crippen molar-refractivity contribution in [3.05, 3.63) is 69.2 Å². The van der Waals surface area contributed by atoms with Gasteiger partial charge in [0, 0.05) is 4.47 Å². The Kier molecular flexibility index (Phi) is 4.74. The molecule has 2 aromatic rings. The van der Waals surface area contributed by atoms with Crippen molar-refractivity contribution in [3.8, 4) is 0 Å². The zero-order valence-electron chi connectivity index (χ0n) is 11.6. The van der Waals surface area contributed by atoms with Gasteiger partial charge in [-0.05, 0) is 37.2 Å². The normalized spacial score (nSPS) is 13.2. The Labute approximate surface area is 130 Å². The van der Waals surface area contributed by atoms with E-state index in [1.807, 2.05) is 25.1 Å². The minimum atomic E-state index is -4.37. The fourth-order valence-corrected chi connectivity index (χ4v) is 2.85. The molecule has 0 bridgehead atoms. The molecule has 112 valence electrons. The number of hydrogen-bond donors (Lipinski definition) is 1. The first-order chi connectivity index (χ1) is 9.84. The smallest absolute Gasteiger partial charge is 0.309 e. The molecule has 0 heterocycles. The molecule has 2 aromatic carbocycles. The van der Waals surface area contributed by atoms with Crippen molar-refractivity contribution in [2.75, 3.05) is 7.05 Å². The Bertz CT molecular complexity index is 638. The van der Waals surface area contributed by atoms with E-state index in [2.05, 4.69) is 21.2 Å². The number of benzene rings is 2. The van der Waals surface area contributed by atoms with Crippen LogP contribution in [0.5, 0.6) is 0 Å². The van der Waals surface area contributed by atoms with Crippen LogP contribution in [0.3, 0.4) is 0 Å². The first kappa shape index (κ1) is 16.0. The summed E-state index contributed by atoms with van der Waals surface area (Å²) >= 11 is 3.42. The molecule has 0 aliphatic heterocycles. The largest absolute Gasteiger partial charge is 0.416 e. The highest BCUT2D eigenvalue weighted by atomic mass is 79.9. The molecule has 2 rings (SSSR count). The Morgan fingerprint density at radius 1 is 1.05 bits per heavy atom. The van der Waals surface area contributed by atoms with Gasteiger partial charge in [0.15, 0.2) is 0 Å². The van der Waals surface area contributed by atoms with E-state index in [-0.39, 0.29) is 5.56 Å². The third kappa shape index (κ3) is 3.47. The minimum Gasteiger partial charge on any atom is -0.309 e. The summed E-state index contributed by atoms with van der Waals surface area (Å²) in [4.78, 5) is 0. The molecule has 5 heteroatoms. The zero-order chi connectivity index (χ0) is 15.6. The second-order valence-electron chi connectivity index (χ2n) is 4.83. The van der Waals surface area contributed by atoms with Gasteiger partial charge in [0.1, 0.15) is 0 Å². The average Bonchev–Trinajstić information content (AvgIpc) is 2.43. The third-order valence-corrected chi connectivity index (χ3v) is 4.05. The molecule has 0 saturated heterocycles. The Morgan fingerprint density at radius 2 is 1.71 bits per heavy atom. The van der Waals surface area contributed by atoms with Crippen molar-refractivity contribution in [1.82, 2.24) is 5.32 Å². The highest BCUT2D eigenvalue weighted by molar-refractivity contribution is 9.10. The Hall–Kier alpha value is -1.33. The molecular weight excluding hydrogens is 343 g/mol. The molecule has 0 radical (unpaired) electrons. The van der Waals surface area contributed by atoms with Crippen molar-refractivity contribution >= 4 is 15.9 Å². The predicted octanol–water partition coefficient (Wildman–Crippen LogP) is 5.09. The van der Waals surface area contributed by atoms with Crippen LogP contribution in [0, 0.1) is 6.92 Å². The van der Waals surface area contributed by atoms with Crippen LogP contribution in [-0.2, 0) is 6.18 Å². The van der Waals surface area contributed by atoms with Crippen LogP contribution in [0.1, 0.15) is 28.3 Å². The van der Waals surface area contributed by atoms with Crippen LogP contribution in [0.2, 0.25) is 0 Å². The molecule has 1 nitrogen and oxygen atoms in total. The van der Waals surface area contributed by atoms with Crippen molar-refractivity contribution in [3.63, 3.8) is 0 Å². The maximum absolute atomic E-state index is 13.2. The van der Waals surface area contributed by atoms with Gasteiger partial charge in [-0.2, -0.15) is 13.2 Å². The van der Waals surface area contributed by atoms with Gasteiger partial charge in [0.2, 0.25) is 0 Å². The van der Waals surface area contributed by atoms with Crippen LogP contribution < -0.4 is 5.32 Å². The summed E-state index contributed by atoms with van der Waals surface area (Å²) in [5.74, 6) is 0. The Balaban J connectivity index is 2.60. The van der Waals surface area contributed by atoms with Gasteiger partial charge < -0.3 is 5.32 Å². The molecule has 21 heavy (non-hydrogen) atoms. The van der Waals surface area contributed by atoms with Gasteiger partial charge in [-0.1, -0.05) is 51.8 Å². The fourth-order valence-electron chi connectivity index (χ4n) is 2.37. The van der Waals surface area contributed by atoms with E-state index in [0.717, 1.165) is 21.7 Å². The van der Waals surface area contributed by atoms with Crippen molar-refractivity contribution in [2.24, 2.45) is 0 Å². The summed E-state index contributed by atoms with van der Waals surface area (Å²) in [6.07, 6.45) is -4.37. The van der Waals surface area contributed by atoms with Crippen LogP contribution in [0.4, 0.5) is 13.2 Å². The number of aryl methyl sites for hydroxylation is 1. The molecule has 0 fully saturated rings. The van der Waals surface area contributed by atoms with E-state index in [0.29, 0.717) is 0 Å². The van der Waals surface area contributed by atoms with Crippen LogP contribution in [-0.4, -0.2) is 7.05 Å². The molecule has 0 aliphatic carbocycles. The van der Waals surface area contributed by atoms with Gasteiger partial charge >= 0.3 is 6.18 Å². The molecule has 0 aliphatic rings. The summed E-state index contributed by atoms with van der Waals surface area (Å²) < 4.78 is 40.4. The van der Waals surface area contributed by atoms with Gasteiger partial charge in [-0.15, -0.1) is 0 Å². The minimum absolute atomic E-state index is 0.221. The molecule has 1 atom stereocenters. The van der Waals surface area contributed by atoms with Crippen LogP contribution in [0.15, 0.2) is 46.9 Å². The number of rotatable bonds is 3. The van der Waals surface area contributed by atoms with Crippen molar-refractivity contribution in [2.45, 2.75) is 19.1 Å². The lowest BCUT2D eigenvalue weighted by molar-refractivity contribution is -0.138. The topological polar surface area (TPSA) is 12.0 Å². The quantitative estimate of drug-likeness (QED) is 0.806. The summed E-state index contributed by atoms with van der Waals surface area (Å²) in [7, 11) is 1.66. The Morgan fingerprint density at radius 3 is 2.33 bits per heavy atom. The summed E-state index contributed by atoms with van der Waals surface area (Å²) in [6, 6.07) is 10.8. The molecule has 0 spiro atoms. The van der Waals surface area contributed by atoms with E-state index in [1.165, 1.54) is 12.1 Å². The number of alkyl halides is 3. The van der Waals surface area contributed by atoms with Crippen LogP contribution >= 0.6 is 15.9 Å². The van der Waals surface area contributed by atoms with Gasteiger partial charge in [-0.25, -0.2) is 0 Å². The van der Waals surface area contributed by atoms with E-state index in [4.69, 9.17) is 0 Å². The standard InChI is InChI=1S/C16H15BrF3N/c1-10-7-8-14(17)12(9-10)15(21-2)11-5-3-4-6-13(11)16(18,19)20/h3-9,15,21H,1-2H3. The second-order valence-corrected chi connectivity index (χ2v) is 5.69. The first-order valence-corrected chi connectivity index (χ1v) is 7.23. The lowest BCUT2D eigenvalue weighted by atomic mass is 9.93. The SMILES string of the molecule is CNC(c1cc(C)ccc1Br)c1ccccc1C(F)(F)F. The number of hydrogen-bond acceptors (Lipinski definition) is 1. The van der Waals surface area contributed by atoms with E-state index in [1.54, 1.807) is 13.1 Å². The summed E-state index contributed by atoms with van der Waals surface area (Å²) in [6.45, 7) is 1.92. The molecule has 1 unspecified atom stereocenters. The third-order valence-electron chi connectivity index (χ3n) is 3.33. The second kappa shape index (κ2) is 6.20. The lowest BCUT2D eigenvalue weighted by Crippen LogP contribution is -2.22. The first-order valence-electron chi connectivity index (χ1n) is 6.44. The molecule has 0 aromatic heterocycles. The molecule has 1 N–H and O–H groups in total. The highest BCUT2D eigenvalue weighted by Crippen LogP contribution is 2.38. The number of halogens is 4. The monoisotopic (exact) mass is 357 g/mol.